The Balaban J connectivity index is 1.70. The average Bonchev–Trinajstić information content (AvgIpc) is 3.07. The lowest BCUT2D eigenvalue weighted by molar-refractivity contribution is -0.119. The van der Waals surface area contributed by atoms with Crippen LogP contribution in [-0.4, -0.2) is 42.0 Å². The fourth-order valence-corrected chi connectivity index (χ4v) is 3.66. The van der Waals surface area contributed by atoms with E-state index in [1.54, 1.807) is 47.4 Å². The monoisotopic (exact) mass is 366 g/mol. The molecule has 2 aromatic carbocycles. The largest absolute Gasteiger partial charge is 0.372 e. The molecule has 2 unspecified atom stereocenters. The summed E-state index contributed by atoms with van der Waals surface area (Å²) in [6.07, 6.45) is 1.88. The number of rotatable bonds is 4. The van der Waals surface area contributed by atoms with Gasteiger partial charge in [0.05, 0.1) is 24.0 Å². The van der Waals surface area contributed by atoms with Crippen molar-refractivity contribution in [1.82, 2.24) is 4.90 Å². The molecule has 2 heterocycles. The van der Waals surface area contributed by atoms with Gasteiger partial charge in [-0.05, 0) is 23.8 Å². The Kier molecular flexibility index (Phi) is 4.49. The fraction of sp³-hybridized carbons (Fsp3) is 0.238. The molecule has 2 amide bonds. The molecule has 138 valence electrons. The number of fused-ring (bicyclic) bond motifs is 2. The number of benzene rings is 2. The van der Waals surface area contributed by atoms with Crippen molar-refractivity contribution in [3.63, 3.8) is 0 Å². The van der Waals surface area contributed by atoms with Gasteiger partial charge in [-0.25, -0.2) is 4.39 Å². The van der Waals surface area contributed by atoms with Crippen molar-refractivity contribution >= 4 is 17.5 Å². The van der Waals surface area contributed by atoms with Crippen molar-refractivity contribution in [3.8, 4) is 11.1 Å². The van der Waals surface area contributed by atoms with Crippen LogP contribution in [0.2, 0.25) is 0 Å². The van der Waals surface area contributed by atoms with Gasteiger partial charge in [-0.1, -0.05) is 30.3 Å². The number of nitrogens with one attached hydrogen (secondary N) is 1. The van der Waals surface area contributed by atoms with E-state index in [2.05, 4.69) is 11.9 Å². The molecule has 0 aromatic heterocycles. The first kappa shape index (κ1) is 17.4. The molecule has 4 rings (SSSR count). The molecular formula is C21H19FN2O3. The lowest BCUT2D eigenvalue weighted by Gasteiger charge is -2.20. The highest BCUT2D eigenvalue weighted by atomic mass is 19.1. The van der Waals surface area contributed by atoms with Gasteiger partial charge in [0.25, 0.3) is 5.91 Å². The van der Waals surface area contributed by atoms with Crippen LogP contribution in [0.1, 0.15) is 16.8 Å². The summed E-state index contributed by atoms with van der Waals surface area (Å²) >= 11 is 0. The third-order valence-corrected chi connectivity index (χ3v) is 4.97. The number of anilines is 1. The van der Waals surface area contributed by atoms with Crippen LogP contribution in [0, 0.1) is 5.82 Å². The van der Waals surface area contributed by atoms with Crippen LogP contribution in [0.5, 0.6) is 0 Å². The molecule has 2 aliphatic heterocycles. The van der Waals surface area contributed by atoms with Crippen LogP contribution in [0.15, 0.2) is 55.1 Å². The number of halogens is 1. The lowest BCUT2D eigenvalue weighted by atomic mass is 10.0. The molecule has 5 nitrogen and oxygen atoms in total. The number of nitrogens with zero attached hydrogens (tertiary/aromatic N) is 1. The summed E-state index contributed by atoms with van der Waals surface area (Å²) in [7, 11) is 0. The molecule has 27 heavy (non-hydrogen) atoms. The van der Waals surface area contributed by atoms with Crippen LogP contribution >= 0.6 is 0 Å². The molecule has 0 aliphatic carbocycles. The number of carbonyl (C=O) groups is 2. The number of hydrogen-bond acceptors (Lipinski definition) is 3. The minimum Gasteiger partial charge on any atom is -0.372 e. The van der Waals surface area contributed by atoms with Gasteiger partial charge < -0.3 is 15.0 Å². The average molecular weight is 366 g/mol. The zero-order chi connectivity index (χ0) is 19.0. The second kappa shape index (κ2) is 6.96. The van der Waals surface area contributed by atoms with Gasteiger partial charge in [0.2, 0.25) is 5.91 Å². The van der Waals surface area contributed by atoms with E-state index in [-0.39, 0.29) is 23.7 Å². The first-order valence-corrected chi connectivity index (χ1v) is 8.81. The molecule has 2 aliphatic rings. The van der Waals surface area contributed by atoms with E-state index in [0.29, 0.717) is 42.0 Å². The summed E-state index contributed by atoms with van der Waals surface area (Å²) in [4.78, 5) is 27.2. The zero-order valence-electron chi connectivity index (χ0n) is 14.7. The summed E-state index contributed by atoms with van der Waals surface area (Å²) in [6, 6.07) is 10.8. The van der Waals surface area contributed by atoms with Crippen LogP contribution in [-0.2, 0) is 9.53 Å². The Morgan fingerprint density at radius 3 is 2.81 bits per heavy atom. The molecule has 0 radical (unpaired) electrons. The molecule has 0 saturated carbocycles. The van der Waals surface area contributed by atoms with E-state index in [0.717, 1.165) is 0 Å². The Morgan fingerprint density at radius 1 is 1.22 bits per heavy atom. The molecule has 1 fully saturated rings. The summed E-state index contributed by atoms with van der Waals surface area (Å²) in [5.74, 6) is -0.846. The van der Waals surface area contributed by atoms with Gasteiger partial charge in [0.15, 0.2) is 0 Å². The summed E-state index contributed by atoms with van der Waals surface area (Å²) in [5.41, 5.74) is 1.81. The van der Waals surface area contributed by atoms with Gasteiger partial charge in [-0.15, -0.1) is 6.58 Å². The van der Waals surface area contributed by atoms with E-state index in [4.69, 9.17) is 4.74 Å². The highest BCUT2D eigenvalue weighted by Gasteiger charge is 2.43. The second-order valence-corrected chi connectivity index (χ2v) is 6.68. The maximum atomic E-state index is 14.1. The molecule has 0 spiro atoms. The number of amides is 2. The molecule has 2 aromatic rings. The highest BCUT2D eigenvalue weighted by molar-refractivity contribution is 6.10. The van der Waals surface area contributed by atoms with Gasteiger partial charge in [0, 0.05) is 18.5 Å². The standard InChI is InChI=1S/C21H19FN2O3/c1-2-9-27-14-11-19-20(25)23-18-8-7-13(15-5-3-4-6-17(15)22)10-16(18)21(26)24(19)12-14/h2-8,10,14,19H,1,9,11-12H2,(H,23,25). The first-order chi connectivity index (χ1) is 13.1. The smallest absolute Gasteiger partial charge is 0.256 e. The number of carbonyl (C=O) groups excluding carboxylic acids is 2. The van der Waals surface area contributed by atoms with Crippen molar-refractivity contribution in [2.24, 2.45) is 0 Å². The van der Waals surface area contributed by atoms with Crippen LogP contribution < -0.4 is 5.32 Å². The zero-order valence-corrected chi connectivity index (χ0v) is 14.7. The minimum atomic E-state index is -0.573. The van der Waals surface area contributed by atoms with E-state index in [1.807, 2.05) is 0 Å². The molecule has 1 saturated heterocycles. The molecule has 6 heteroatoms. The third kappa shape index (κ3) is 3.13. The molecular weight excluding hydrogens is 347 g/mol. The number of ether oxygens (including phenoxy) is 1. The lowest BCUT2D eigenvalue weighted by Crippen LogP contribution is -2.40. The topological polar surface area (TPSA) is 58.6 Å². The van der Waals surface area contributed by atoms with Gasteiger partial charge >= 0.3 is 0 Å². The van der Waals surface area contributed by atoms with Crippen LogP contribution in [0.3, 0.4) is 0 Å². The molecule has 0 bridgehead atoms. The normalized spacial score (nSPS) is 21.3. The SMILES string of the molecule is C=CCOC1CC2C(=O)Nc3ccc(-c4ccccc4F)cc3C(=O)N2C1. The molecule has 1 N–H and O–H groups in total. The van der Waals surface area contributed by atoms with Crippen LogP contribution in [0.25, 0.3) is 11.1 Å². The fourth-order valence-electron chi connectivity index (χ4n) is 3.66. The van der Waals surface area contributed by atoms with Gasteiger partial charge in [0.1, 0.15) is 11.9 Å². The summed E-state index contributed by atoms with van der Waals surface area (Å²) in [5, 5.41) is 2.82. The molecule has 2 atom stereocenters. The van der Waals surface area contributed by atoms with E-state index in [9.17, 15) is 14.0 Å². The second-order valence-electron chi connectivity index (χ2n) is 6.68. The maximum Gasteiger partial charge on any atom is 0.256 e. The third-order valence-electron chi connectivity index (χ3n) is 4.97. The van der Waals surface area contributed by atoms with Gasteiger partial charge in [-0.3, -0.25) is 9.59 Å². The quantitative estimate of drug-likeness (QED) is 0.846. The number of hydrogen-bond donors (Lipinski definition) is 1. The van der Waals surface area contributed by atoms with Crippen molar-refractivity contribution < 1.29 is 18.7 Å². The minimum absolute atomic E-state index is 0.209. The maximum absolute atomic E-state index is 14.1. The Labute approximate surface area is 156 Å². The van der Waals surface area contributed by atoms with Crippen molar-refractivity contribution in [2.45, 2.75) is 18.6 Å². The van der Waals surface area contributed by atoms with E-state index >= 15 is 0 Å². The van der Waals surface area contributed by atoms with Crippen molar-refractivity contribution in [2.75, 3.05) is 18.5 Å². The van der Waals surface area contributed by atoms with E-state index < -0.39 is 6.04 Å². The predicted octanol–water partition coefficient (Wildman–Crippen LogP) is 3.23. The summed E-state index contributed by atoms with van der Waals surface area (Å²) < 4.78 is 19.8. The predicted molar refractivity (Wildman–Crippen MR) is 99.8 cm³/mol. The van der Waals surface area contributed by atoms with Crippen LogP contribution in [0.4, 0.5) is 10.1 Å². The van der Waals surface area contributed by atoms with Gasteiger partial charge in [-0.2, -0.15) is 0 Å². The Bertz CT molecular complexity index is 927. The Hall–Kier alpha value is -2.99. The van der Waals surface area contributed by atoms with Crippen molar-refractivity contribution in [3.05, 3.63) is 66.5 Å². The van der Waals surface area contributed by atoms with E-state index in [1.165, 1.54) is 6.07 Å². The Morgan fingerprint density at radius 2 is 2.04 bits per heavy atom. The summed E-state index contributed by atoms with van der Waals surface area (Å²) in [6.45, 7) is 4.33. The highest BCUT2D eigenvalue weighted by Crippen LogP contribution is 2.33. The van der Waals surface area contributed by atoms with Crippen molar-refractivity contribution in [1.29, 1.82) is 0 Å². The first-order valence-electron chi connectivity index (χ1n) is 8.81.